The molecule has 7 nitrogen and oxygen atoms in total. The first kappa shape index (κ1) is 20.0. The molecule has 162 valence electrons. The van der Waals surface area contributed by atoms with Crippen LogP contribution in [-0.4, -0.2) is 45.4 Å². The molecule has 1 fully saturated rings. The lowest BCUT2D eigenvalue weighted by atomic mass is 9.94. The monoisotopic (exact) mass is 419 g/mol. The Labute approximate surface area is 182 Å². The maximum Gasteiger partial charge on any atom is 0.341 e. The summed E-state index contributed by atoms with van der Waals surface area (Å²) in [6, 6.07) is 4.21. The minimum atomic E-state index is -0.310. The van der Waals surface area contributed by atoms with E-state index in [1.54, 1.807) is 6.20 Å². The number of pyridine rings is 1. The van der Waals surface area contributed by atoms with Gasteiger partial charge in [0.2, 0.25) is 0 Å². The minimum absolute atomic E-state index is 0.304. The Morgan fingerprint density at radius 1 is 1.19 bits per heavy atom. The van der Waals surface area contributed by atoms with Crippen LogP contribution in [0.5, 0.6) is 0 Å². The summed E-state index contributed by atoms with van der Waals surface area (Å²) in [5, 5.41) is 9.98. The third kappa shape index (κ3) is 3.36. The molecule has 7 heteroatoms. The van der Waals surface area contributed by atoms with Crippen molar-refractivity contribution >= 4 is 22.6 Å². The fraction of sp³-hybridized carbons (Fsp3) is 0.500. The van der Waals surface area contributed by atoms with Gasteiger partial charge in [0.15, 0.2) is 0 Å². The molecular formula is C24H29N5O2. The van der Waals surface area contributed by atoms with Crippen LogP contribution in [0, 0.1) is 13.8 Å². The fourth-order valence-corrected chi connectivity index (χ4v) is 5.06. The molecule has 0 N–H and O–H groups in total. The predicted octanol–water partition coefficient (Wildman–Crippen LogP) is 3.95. The van der Waals surface area contributed by atoms with Crippen molar-refractivity contribution in [1.82, 2.24) is 19.7 Å². The number of nitrogens with zero attached hydrogens (tertiary/aromatic N) is 5. The zero-order valence-corrected chi connectivity index (χ0v) is 18.5. The number of hydrogen-bond acceptors (Lipinski definition) is 6. The Bertz CT molecular complexity index is 1150. The summed E-state index contributed by atoms with van der Waals surface area (Å²) in [4.78, 5) is 19.9. The molecule has 0 amide bonds. The standard InChI is InChI=1S/C24H29N5O2/c1-4-31-24(30)19-13-25-21-16(3)15(2)9-10-18(21)22(19)28-11-5-7-17(14-28)23-27-26-20-8-6-12-29(20)23/h9-10,13,17H,4-8,11-12,14H2,1-3H3. The van der Waals surface area contributed by atoms with Crippen LogP contribution in [0.25, 0.3) is 10.9 Å². The van der Waals surface area contributed by atoms with Gasteiger partial charge in [-0.2, -0.15) is 0 Å². The highest BCUT2D eigenvalue weighted by Crippen LogP contribution is 2.37. The second-order valence-electron chi connectivity index (χ2n) is 8.66. The van der Waals surface area contributed by atoms with Crippen molar-refractivity contribution in [2.75, 3.05) is 24.6 Å². The third-order valence-corrected chi connectivity index (χ3v) is 6.77. The Balaban J connectivity index is 1.59. The number of anilines is 1. The second kappa shape index (κ2) is 7.94. The minimum Gasteiger partial charge on any atom is -0.462 e. The first-order valence-electron chi connectivity index (χ1n) is 11.3. The fourth-order valence-electron chi connectivity index (χ4n) is 5.06. The first-order chi connectivity index (χ1) is 15.1. The maximum atomic E-state index is 12.9. The quantitative estimate of drug-likeness (QED) is 0.596. The molecule has 31 heavy (non-hydrogen) atoms. The van der Waals surface area contributed by atoms with Gasteiger partial charge < -0.3 is 14.2 Å². The van der Waals surface area contributed by atoms with Crippen LogP contribution in [0.15, 0.2) is 18.3 Å². The van der Waals surface area contributed by atoms with Gasteiger partial charge in [-0.25, -0.2) is 4.79 Å². The molecule has 3 aromatic rings. The lowest BCUT2D eigenvalue weighted by molar-refractivity contribution is 0.0526. The van der Waals surface area contributed by atoms with Gasteiger partial charge in [0.1, 0.15) is 17.2 Å². The molecule has 5 rings (SSSR count). The molecule has 0 aliphatic carbocycles. The lowest BCUT2D eigenvalue weighted by Crippen LogP contribution is -2.36. The Morgan fingerprint density at radius 3 is 2.90 bits per heavy atom. The van der Waals surface area contributed by atoms with E-state index in [1.807, 2.05) is 6.92 Å². The summed E-state index contributed by atoms with van der Waals surface area (Å²) in [6.45, 7) is 9.10. The van der Waals surface area contributed by atoms with Crippen LogP contribution in [-0.2, 0) is 17.7 Å². The first-order valence-corrected chi connectivity index (χ1v) is 11.3. The predicted molar refractivity (Wildman–Crippen MR) is 120 cm³/mol. The Kier molecular flexibility index (Phi) is 5.12. The highest BCUT2D eigenvalue weighted by Gasteiger charge is 2.31. The third-order valence-electron chi connectivity index (χ3n) is 6.77. The summed E-state index contributed by atoms with van der Waals surface area (Å²) >= 11 is 0. The molecule has 0 bridgehead atoms. The number of piperidine rings is 1. The number of ether oxygens (including phenoxy) is 1. The summed E-state index contributed by atoms with van der Waals surface area (Å²) in [5.41, 5.74) is 4.79. The van der Waals surface area contributed by atoms with Crippen molar-refractivity contribution in [3.05, 3.63) is 46.7 Å². The average Bonchev–Trinajstić information content (AvgIpc) is 3.40. The number of hydrogen-bond donors (Lipinski definition) is 0. The van der Waals surface area contributed by atoms with Crippen molar-refractivity contribution in [3.63, 3.8) is 0 Å². The Morgan fingerprint density at radius 2 is 2.06 bits per heavy atom. The highest BCUT2D eigenvalue weighted by atomic mass is 16.5. The second-order valence-corrected chi connectivity index (χ2v) is 8.66. The smallest absolute Gasteiger partial charge is 0.341 e. The molecule has 0 radical (unpaired) electrons. The SMILES string of the molecule is CCOC(=O)c1cnc2c(C)c(C)ccc2c1N1CCCC(c2nnc3n2CCC3)C1. The number of carbonyl (C=O) groups is 1. The van der Waals surface area contributed by atoms with Crippen molar-refractivity contribution in [1.29, 1.82) is 0 Å². The molecule has 2 aliphatic heterocycles. The van der Waals surface area contributed by atoms with Gasteiger partial charge in [-0.1, -0.05) is 12.1 Å². The molecule has 1 saturated heterocycles. The van der Waals surface area contributed by atoms with Gasteiger partial charge in [-0.15, -0.1) is 10.2 Å². The topological polar surface area (TPSA) is 73.1 Å². The molecule has 1 atom stereocenters. The van der Waals surface area contributed by atoms with E-state index < -0.39 is 0 Å². The maximum absolute atomic E-state index is 12.9. The molecule has 2 aromatic heterocycles. The van der Waals surface area contributed by atoms with Crippen molar-refractivity contribution in [2.24, 2.45) is 0 Å². The van der Waals surface area contributed by atoms with Gasteiger partial charge in [0.05, 0.1) is 17.8 Å². The number of aromatic nitrogens is 4. The van der Waals surface area contributed by atoms with Gasteiger partial charge in [-0.05, 0) is 51.2 Å². The van der Waals surface area contributed by atoms with E-state index in [0.717, 1.165) is 79.1 Å². The molecule has 2 aliphatic rings. The Hall–Kier alpha value is -2.96. The van der Waals surface area contributed by atoms with Crippen LogP contribution >= 0.6 is 0 Å². The van der Waals surface area contributed by atoms with Crippen LogP contribution in [0.1, 0.15) is 65.2 Å². The summed E-state index contributed by atoms with van der Waals surface area (Å²) in [6.07, 6.45) is 5.99. The number of fused-ring (bicyclic) bond motifs is 2. The number of aryl methyl sites for hydroxylation is 3. The van der Waals surface area contributed by atoms with Gasteiger partial charge in [0.25, 0.3) is 0 Å². The van der Waals surface area contributed by atoms with Gasteiger partial charge in [0, 0.05) is 43.6 Å². The molecular weight excluding hydrogens is 390 g/mol. The highest BCUT2D eigenvalue weighted by molar-refractivity contribution is 6.06. The number of benzene rings is 1. The van der Waals surface area contributed by atoms with Crippen LogP contribution in [0.4, 0.5) is 5.69 Å². The van der Waals surface area contributed by atoms with Gasteiger partial charge in [-0.3, -0.25) is 4.98 Å². The van der Waals surface area contributed by atoms with Crippen molar-refractivity contribution < 1.29 is 9.53 Å². The van der Waals surface area contributed by atoms with Crippen LogP contribution in [0.2, 0.25) is 0 Å². The molecule has 0 saturated carbocycles. The van der Waals surface area contributed by atoms with E-state index in [-0.39, 0.29) is 5.97 Å². The molecule has 1 aromatic carbocycles. The van der Waals surface area contributed by atoms with Crippen molar-refractivity contribution in [2.45, 2.75) is 58.9 Å². The lowest BCUT2D eigenvalue weighted by Gasteiger charge is -2.35. The zero-order chi connectivity index (χ0) is 21.5. The van der Waals surface area contributed by atoms with E-state index in [9.17, 15) is 4.79 Å². The van der Waals surface area contributed by atoms with E-state index in [1.165, 1.54) is 5.56 Å². The van der Waals surface area contributed by atoms with E-state index in [4.69, 9.17) is 4.74 Å². The molecule has 0 spiro atoms. The van der Waals surface area contributed by atoms with Crippen LogP contribution < -0.4 is 4.90 Å². The summed E-state index contributed by atoms with van der Waals surface area (Å²) in [7, 11) is 0. The normalized spacial score (nSPS) is 18.4. The van der Waals surface area contributed by atoms with E-state index in [2.05, 4.69) is 50.6 Å². The zero-order valence-electron chi connectivity index (χ0n) is 18.5. The largest absolute Gasteiger partial charge is 0.462 e. The summed E-state index contributed by atoms with van der Waals surface area (Å²) < 4.78 is 7.69. The number of carbonyl (C=O) groups excluding carboxylic acids is 1. The molecule has 4 heterocycles. The van der Waals surface area contributed by atoms with Gasteiger partial charge >= 0.3 is 5.97 Å². The molecule has 1 unspecified atom stereocenters. The number of esters is 1. The van der Waals surface area contributed by atoms with Crippen LogP contribution in [0.3, 0.4) is 0 Å². The summed E-state index contributed by atoms with van der Waals surface area (Å²) in [5.74, 6) is 2.20. The number of rotatable bonds is 4. The van der Waals surface area contributed by atoms with E-state index in [0.29, 0.717) is 18.1 Å². The van der Waals surface area contributed by atoms with Crippen molar-refractivity contribution in [3.8, 4) is 0 Å². The van der Waals surface area contributed by atoms with E-state index >= 15 is 0 Å². The average molecular weight is 420 g/mol.